The van der Waals surface area contributed by atoms with Crippen LogP contribution in [0.1, 0.15) is 41.4 Å². The van der Waals surface area contributed by atoms with Gasteiger partial charge in [0.1, 0.15) is 11.3 Å². The molecule has 1 N–H and O–H groups in total. The molecule has 0 atom stereocenters. The van der Waals surface area contributed by atoms with Gasteiger partial charge in [-0.2, -0.15) is 0 Å². The lowest BCUT2D eigenvalue weighted by molar-refractivity contribution is 0.103. The van der Waals surface area contributed by atoms with E-state index < -0.39 is 10.0 Å². The van der Waals surface area contributed by atoms with Crippen molar-refractivity contribution in [2.45, 2.75) is 26.2 Å². The molecule has 0 spiro atoms. The van der Waals surface area contributed by atoms with E-state index in [1.165, 1.54) is 0 Å². The fraction of sp³-hybridized carbons (Fsp3) is 0.250. The van der Waals surface area contributed by atoms with Crippen molar-refractivity contribution >= 4 is 48.4 Å². The van der Waals surface area contributed by atoms with E-state index in [4.69, 9.17) is 4.42 Å². The second-order valence-corrected chi connectivity index (χ2v) is 9.09. The quantitative estimate of drug-likeness (QED) is 0.506. The van der Waals surface area contributed by atoms with E-state index >= 15 is 0 Å². The van der Waals surface area contributed by atoms with E-state index in [9.17, 15) is 13.2 Å². The normalized spacial score (nSPS) is 11.7. The molecule has 142 valence electrons. The number of anilines is 1. The number of carbonyl (C=O) groups excluding carboxylic acids is 1. The van der Waals surface area contributed by atoms with Crippen LogP contribution in [-0.4, -0.2) is 20.5 Å². The summed E-state index contributed by atoms with van der Waals surface area (Å²) in [6, 6.07) is 12.1. The van der Waals surface area contributed by atoms with Gasteiger partial charge in [0.15, 0.2) is 5.78 Å². The van der Waals surface area contributed by atoms with Crippen LogP contribution in [0.3, 0.4) is 0 Å². The van der Waals surface area contributed by atoms with Crippen LogP contribution in [0.4, 0.5) is 5.69 Å². The maximum absolute atomic E-state index is 13.2. The Morgan fingerprint density at radius 1 is 1.15 bits per heavy atom. The standard InChI is InChI=1S/C20H20BrNO4S/c1-3-4-5-18-19(20(23)13-6-8-14(21)9-7-13)16-12-15(22-27(2,24)25)10-11-17(16)26-18/h6-12,22H,3-5H2,1-2H3. The zero-order valence-electron chi connectivity index (χ0n) is 15.1. The number of ketones is 1. The van der Waals surface area contributed by atoms with E-state index in [1.54, 1.807) is 30.3 Å². The second kappa shape index (κ2) is 7.86. The summed E-state index contributed by atoms with van der Waals surface area (Å²) in [5.74, 6) is 0.500. The smallest absolute Gasteiger partial charge is 0.229 e. The Morgan fingerprint density at radius 3 is 2.48 bits per heavy atom. The number of benzene rings is 2. The molecule has 0 aliphatic rings. The first-order chi connectivity index (χ1) is 12.8. The maximum atomic E-state index is 13.2. The Labute approximate surface area is 166 Å². The van der Waals surface area contributed by atoms with E-state index in [2.05, 4.69) is 27.6 Å². The number of rotatable bonds is 7. The molecular formula is C20H20BrNO4S. The Hall–Kier alpha value is -2.12. The highest BCUT2D eigenvalue weighted by atomic mass is 79.9. The molecule has 1 aromatic heterocycles. The van der Waals surface area contributed by atoms with E-state index in [0.717, 1.165) is 23.6 Å². The molecule has 7 heteroatoms. The van der Waals surface area contributed by atoms with Crippen molar-refractivity contribution in [3.05, 3.63) is 63.8 Å². The van der Waals surface area contributed by atoms with E-state index in [0.29, 0.717) is 40.0 Å². The minimum Gasteiger partial charge on any atom is -0.460 e. The summed E-state index contributed by atoms with van der Waals surface area (Å²) in [6.07, 6.45) is 3.61. The molecule has 0 bridgehead atoms. The van der Waals surface area contributed by atoms with Crippen molar-refractivity contribution in [3.8, 4) is 0 Å². The Balaban J connectivity index is 2.14. The molecule has 5 nitrogen and oxygen atoms in total. The Morgan fingerprint density at radius 2 is 1.85 bits per heavy atom. The van der Waals surface area contributed by atoms with Gasteiger partial charge in [0, 0.05) is 27.5 Å². The van der Waals surface area contributed by atoms with Crippen LogP contribution in [-0.2, 0) is 16.4 Å². The van der Waals surface area contributed by atoms with Crippen molar-refractivity contribution in [2.24, 2.45) is 0 Å². The van der Waals surface area contributed by atoms with Gasteiger partial charge >= 0.3 is 0 Å². The monoisotopic (exact) mass is 449 g/mol. The van der Waals surface area contributed by atoms with E-state index in [-0.39, 0.29) is 5.78 Å². The second-order valence-electron chi connectivity index (χ2n) is 6.42. The van der Waals surface area contributed by atoms with Crippen LogP contribution in [0.25, 0.3) is 11.0 Å². The average molecular weight is 450 g/mol. The van der Waals surface area contributed by atoms with Gasteiger partial charge in [-0.15, -0.1) is 0 Å². The molecule has 0 saturated carbocycles. The third-order valence-corrected chi connectivity index (χ3v) is 5.29. The van der Waals surface area contributed by atoms with Crippen molar-refractivity contribution in [3.63, 3.8) is 0 Å². The number of furan rings is 1. The fourth-order valence-electron chi connectivity index (χ4n) is 2.93. The van der Waals surface area contributed by atoms with Crippen molar-refractivity contribution in [1.29, 1.82) is 0 Å². The molecule has 27 heavy (non-hydrogen) atoms. The molecule has 2 aromatic carbocycles. The van der Waals surface area contributed by atoms with Crippen LogP contribution >= 0.6 is 15.9 Å². The molecule has 0 fully saturated rings. The maximum Gasteiger partial charge on any atom is 0.229 e. The number of nitrogens with one attached hydrogen (secondary N) is 1. The first-order valence-corrected chi connectivity index (χ1v) is 11.3. The van der Waals surface area contributed by atoms with Gasteiger partial charge in [0.05, 0.1) is 11.8 Å². The van der Waals surface area contributed by atoms with Gasteiger partial charge in [0.2, 0.25) is 10.0 Å². The Bertz CT molecular complexity index is 1090. The highest BCUT2D eigenvalue weighted by Gasteiger charge is 2.22. The fourth-order valence-corrected chi connectivity index (χ4v) is 3.75. The van der Waals surface area contributed by atoms with Gasteiger partial charge in [0.25, 0.3) is 0 Å². The van der Waals surface area contributed by atoms with Crippen LogP contribution in [0.15, 0.2) is 51.4 Å². The zero-order valence-corrected chi connectivity index (χ0v) is 17.5. The predicted molar refractivity (Wildman–Crippen MR) is 111 cm³/mol. The number of hydrogen-bond donors (Lipinski definition) is 1. The first kappa shape index (κ1) is 19.6. The minimum absolute atomic E-state index is 0.135. The van der Waals surface area contributed by atoms with Crippen LogP contribution in [0.5, 0.6) is 0 Å². The van der Waals surface area contributed by atoms with E-state index in [1.807, 2.05) is 12.1 Å². The molecule has 0 radical (unpaired) electrons. The average Bonchev–Trinajstić information content (AvgIpc) is 2.96. The SMILES string of the molecule is CCCCc1oc2ccc(NS(C)(=O)=O)cc2c1C(=O)c1ccc(Br)cc1. The van der Waals surface area contributed by atoms with Crippen LogP contribution < -0.4 is 4.72 Å². The summed E-state index contributed by atoms with van der Waals surface area (Å²) in [5, 5.41) is 0.614. The number of sulfonamides is 1. The molecular weight excluding hydrogens is 430 g/mol. The highest BCUT2D eigenvalue weighted by molar-refractivity contribution is 9.10. The summed E-state index contributed by atoms with van der Waals surface area (Å²) in [5.41, 5.74) is 2.02. The largest absolute Gasteiger partial charge is 0.460 e. The molecule has 1 heterocycles. The molecule has 0 aliphatic heterocycles. The van der Waals surface area contributed by atoms with Gasteiger partial charge < -0.3 is 4.42 Å². The molecule has 3 aromatic rings. The lowest BCUT2D eigenvalue weighted by Crippen LogP contribution is -2.09. The summed E-state index contributed by atoms with van der Waals surface area (Å²) >= 11 is 3.37. The van der Waals surface area contributed by atoms with Gasteiger partial charge in [-0.3, -0.25) is 9.52 Å². The summed E-state index contributed by atoms with van der Waals surface area (Å²) < 4.78 is 32.4. The van der Waals surface area contributed by atoms with Gasteiger partial charge in [-0.25, -0.2) is 8.42 Å². The summed E-state index contributed by atoms with van der Waals surface area (Å²) in [7, 11) is -3.41. The number of aryl methyl sites for hydroxylation is 1. The van der Waals surface area contributed by atoms with Gasteiger partial charge in [-0.1, -0.05) is 29.3 Å². The number of halogens is 1. The summed E-state index contributed by atoms with van der Waals surface area (Å²) in [6.45, 7) is 2.08. The number of carbonyl (C=O) groups is 1. The third-order valence-electron chi connectivity index (χ3n) is 4.16. The third kappa shape index (κ3) is 4.59. The van der Waals surface area contributed by atoms with Crippen molar-refractivity contribution in [1.82, 2.24) is 0 Å². The predicted octanol–water partition coefficient (Wildman–Crippen LogP) is 5.14. The molecule has 0 aliphatic carbocycles. The topological polar surface area (TPSA) is 76.4 Å². The van der Waals surface area contributed by atoms with Crippen LogP contribution in [0.2, 0.25) is 0 Å². The lowest BCUT2D eigenvalue weighted by Gasteiger charge is -2.05. The van der Waals surface area contributed by atoms with Gasteiger partial charge in [-0.05, 0) is 48.9 Å². The number of unbranched alkanes of at least 4 members (excludes halogenated alkanes) is 1. The van der Waals surface area contributed by atoms with Crippen molar-refractivity contribution in [2.75, 3.05) is 11.0 Å². The minimum atomic E-state index is -3.41. The molecule has 3 rings (SSSR count). The zero-order chi connectivity index (χ0) is 19.6. The lowest BCUT2D eigenvalue weighted by atomic mass is 9.98. The highest BCUT2D eigenvalue weighted by Crippen LogP contribution is 2.32. The molecule has 0 saturated heterocycles. The molecule has 0 unspecified atom stereocenters. The Kier molecular flexibility index (Phi) is 5.72. The number of hydrogen-bond acceptors (Lipinski definition) is 4. The first-order valence-electron chi connectivity index (χ1n) is 8.62. The van der Waals surface area contributed by atoms with Crippen molar-refractivity contribution < 1.29 is 17.6 Å². The molecule has 0 amide bonds. The van der Waals surface area contributed by atoms with Crippen LogP contribution in [0, 0.1) is 0 Å². The summed E-state index contributed by atoms with van der Waals surface area (Å²) in [4.78, 5) is 13.2. The number of fused-ring (bicyclic) bond motifs is 1.